The number of halogens is 1. The van der Waals surface area contributed by atoms with Crippen LogP contribution >= 0.6 is 15.9 Å². The lowest BCUT2D eigenvalue weighted by Crippen LogP contribution is -2.28. The normalized spacial score (nSPS) is 10.5. The Bertz CT molecular complexity index is 750. The summed E-state index contributed by atoms with van der Waals surface area (Å²) in [5, 5.41) is 2.85. The molecule has 0 atom stereocenters. The van der Waals surface area contributed by atoms with Crippen LogP contribution in [0.5, 0.6) is 0 Å². The monoisotopic (exact) mass is 348 g/mol. The molecule has 1 aromatic carbocycles. The molecule has 1 N–H and O–H groups in total. The zero-order valence-electron chi connectivity index (χ0n) is 12.2. The van der Waals surface area contributed by atoms with Crippen LogP contribution in [0.3, 0.4) is 0 Å². The van der Waals surface area contributed by atoms with E-state index in [4.69, 9.17) is 0 Å². The average molecular weight is 349 g/mol. The number of nitrogens with one attached hydrogen (secondary N) is 1. The highest BCUT2D eigenvalue weighted by Gasteiger charge is 2.09. The first-order chi connectivity index (χ1) is 9.86. The van der Waals surface area contributed by atoms with Crippen molar-refractivity contribution in [1.29, 1.82) is 0 Å². The van der Waals surface area contributed by atoms with E-state index < -0.39 is 0 Å². The maximum atomic E-state index is 12.1. The zero-order valence-corrected chi connectivity index (χ0v) is 13.8. The van der Waals surface area contributed by atoms with Gasteiger partial charge in [0.25, 0.3) is 5.56 Å². The van der Waals surface area contributed by atoms with Gasteiger partial charge < -0.3 is 9.88 Å². The first-order valence-electron chi connectivity index (χ1n) is 6.60. The first-order valence-corrected chi connectivity index (χ1v) is 7.40. The summed E-state index contributed by atoms with van der Waals surface area (Å²) in [4.78, 5) is 24.1. The molecule has 0 unspecified atom stereocenters. The van der Waals surface area contributed by atoms with Gasteiger partial charge in [0.05, 0.1) is 0 Å². The molecule has 0 aliphatic heterocycles. The number of anilines is 1. The minimum atomic E-state index is -0.219. The Kier molecular flexibility index (Phi) is 4.63. The number of hydrogen-bond donors (Lipinski definition) is 1. The molecule has 1 aromatic heterocycles. The minimum Gasteiger partial charge on any atom is -0.324 e. The van der Waals surface area contributed by atoms with Crippen LogP contribution < -0.4 is 10.9 Å². The molecular weight excluding hydrogens is 332 g/mol. The van der Waals surface area contributed by atoms with Crippen LogP contribution in [0.4, 0.5) is 5.69 Å². The van der Waals surface area contributed by atoms with Gasteiger partial charge in [-0.05, 0) is 60.0 Å². The molecule has 0 bridgehead atoms. The van der Waals surface area contributed by atoms with Crippen LogP contribution in [0.15, 0.2) is 39.7 Å². The summed E-state index contributed by atoms with van der Waals surface area (Å²) < 4.78 is 2.18. The van der Waals surface area contributed by atoms with Gasteiger partial charge >= 0.3 is 0 Å². The highest BCUT2D eigenvalue weighted by molar-refractivity contribution is 9.10. The molecule has 0 saturated carbocycles. The number of amides is 1. The summed E-state index contributed by atoms with van der Waals surface area (Å²) in [6, 6.07) is 7.61. The molecule has 0 radical (unpaired) electrons. The number of benzene rings is 1. The number of rotatable bonds is 3. The zero-order chi connectivity index (χ0) is 15.6. The van der Waals surface area contributed by atoms with E-state index in [0.717, 1.165) is 21.3 Å². The topological polar surface area (TPSA) is 51.1 Å². The number of aryl methyl sites for hydroxylation is 3. The van der Waals surface area contributed by atoms with Gasteiger partial charge in [0.2, 0.25) is 5.91 Å². The summed E-state index contributed by atoms with van der Waals surface area (Å²) in [5.74, 6) is -0.219. The molecule has 1 heterocycles. The smallest absolute Gasteiger partial charge is 0.253 e. The molecule has 0 fully saturated rings. The third-order valence-electron chi connectivity index (χ3n) is 3.21. The van der Waals surface area contributed by atoms with Crippen molar-refractivity contribution in [3.8, 4) is 0 Å². The summed E-state index contributed by atoms with van der Waals surface area (Å²) in [5.41, 5.74) is 3.29. The summed E-state index contributed by atoms with van der Waals surface area (Å²) in [6.45, 7) is 5.63. The number of carbonyl (C=O) groups excluding carboxylic acids is 1. The highest BCUT2D eigenvalue weighted by Crippen LogP contribution is 2.16. The van der Waals surface area contributed by atoms with Crippen molar-refractivity contribution in [2.24, 2.45) is 0 Å². The van der Waals surface area contributed by atoms with E-state index in [1.165, 1.54) is 4.57 Å². The van der Waals surface area contributed by atoms with E-state index >= 15 is 0 Å². The predicted molar refractivity (Wildman–Crippen MR) is 87.7 cm³/mol. The Balaban J connectivity index is 2.19. The molecule has 0 spiro atoms. The second-order valence-electron chi connectivity index (χ2n) is 5.14. The molecule has 0 saturated heterocycles. The van der Waals surface area contributed by atoms with E-state index in [1.807, 2.05) is 32.0 Å². The number of carbonyl (C=O) groups is 1. The second-order valence-corrected chi connectivity index (χ2v) is 6.06. The molecule has 0 aliphatic rings. The van der Waals surface area contributed by atoms with Gasteiger partial charge in [-0.1, -0.05) is 12.1 Å². The Hall–Kier alpha value is -1.88. The van der Waals surface area contributed by atoms with Crippen LogP contribution in [0.25, 0.3) is 0 Å². The highest BCUT2D eigenvalue weighted by atomic mass is 79.9. The molecule has 4 nitrogen and oxygen atoms in total. The summed E-state index contributed by atoms with van der Waals surface area (Å²) >= 11 is 3.33. The van der Waals surface area contributed by atoms with Crippen molar-refractivity contribution in [3.05, 3.63) is 62.0 Å². The van der Waals surface area contributed by atoms with Gasteiger partial charge in [-0.3, -0.25) is 9.59 Å². The molecule has 5 heteroatoms. The van der Waals surface area contributed by atoms with Crippen LogP contribution in [-0.2, 0) is 11.3 Å². The third kappa shape index (κ3) is 3.82. The fourth-order valence-electron chi connectivity index (χ4n) is 2.07. The Labute approximate surface area is 131 Å². The number of nitrogens with zero attached hydrogens (tertiary/aromatic N) is 1. The SMILES string of the molecule is Cc1ccc(C)c(NC(=O)Cn2cc(Br)cc(C)c2=O)c1. The molecule has 1 amide bonds. The van der Waals surface area contributed by atoms with E-state index in [2.05, 4.69) is 21.2 Å². The van der Waals surface area contributed by atoms with E-state index in [1.54, 1.807) is 19.2 Å². The number of aromatic nitrogens is 1. The van der Waals surface area contributed by atoms with E-state index in [9.17, 15) is 9.59 Å². The Morgan fingerprint density at radius 2 is 1.90 bits per heavy atom. The van der Waals surface area contributed by atoms with Crippen LogP contribution in [0.2, 0.25) is 0 Å². The second kappa shape index (κ2) is 6.26. The van der Waals surface area contributed by atoms with Crippen LogP contribution in [0.1, 0.15) is 16.7 Å². The van der Waals surface area contributed by atoms with Gasteiger partial charge in [0.15, 0.2) is 0 Å². The maximum Gasteiger partial charge on any atom is 0.253 e. The molecule has 21 heavy (non-hydrogen) atoms. The van der Waals surface area contributed by atoms with Crippen LogP contribution in [0, 0.1) is 20.8 Å². The third-order valence-corrected chi connectivity index (χ3v) is 3.65. The van der Waals surface area contributed by atoms with E-state index in [0.29, 0.717) is 5.56 Å². The number of hydrogen-bond acceptors (Lipinski definition) is 2. The standard InChI is InChI=1S/C16H17BrN2O2/c1-10-4-5-11(2)14(6-10)18-15(20)9-19-8-13(17)7-12(3)16(19)21/h4-8H,9H2,1-3H3,(H,18,20). The molecular formula is C16H17BrN2O2. The van der Waals surface area contributed by atoms with Crippen molar-refractivity contribution >= 4 is 27.5 Å². The predicted octanol–water partition coefficient (Wildman–Crippen LogP) is 3.17. The maximum absolute atomic E-state index is 12.1. The van der Waals surface area contributed by atoms with Gasteiger partial charge in [-0.15, -0.1) is 0 Å². The molecule has 110 valence electrons. The van der Waals surface area contributed by atoms with Crippen LogP contribution in [-0.4, -0.2) is 10.5 Å². The fourth-order valence-corrected chi connectivity index (χ4v) is 2.66. The van der Waals surface area contributed by atoms with Crippen molar-refractivity contribution in [3.63, 3.8) is 0 Å². The molecule has 0 aliphatic carbocycles. The first kappa shape index (κ1) is 15.5. The van der Waals surface area contributed by atoms with E-state index in [-0.39, 0.29) is 18.0 Å². The average Bonchev–Trinajstić information content (AvgIpc) is 2.39. The lowest BCUT2D eigenvalue weighted by Gasteiger charge is -2.11. The van der Waals surface area contributed by atoms with Crippen molar-refractivity contribution in [2.75, 3.05) is 5.32 Å². The Morgan fingerprint density at radius 3 is 2.62 bits per heavy atom. The van der Waals surface area contributed by atoms with Gasteiger partial charge in [-0.25, -0.2) is 0 Å². The summed E-state index contributed by atoms with van der Waals surface area (Å²) in [7, 11) is 0. The fraction of sp³-hybridized carbons (Fsp3) is 0.250. The van der Waals surface area contributed by atoms with Gasteiger partial charge in [0.1, 0.15) is 6.54 Å². The Morgan fingerprint density at radius 1 is 1.19 bits per heavy atom. The largest absolute Gasteiger partial charge is 0.324 e. The van der Waals surface area contributed by atoms with Crippen molar-refractivity contribution in [2.45, 2.75) is 27.3 Å². The van der Waals surface area contributed by atoms with Gasteiger partial charge in [-0.2, -0.15) is 0 Å². The molecule has 2 rings (SSSR count). The number of pyridine rings is 1. The summed E-state index contributed by atoms with van der Waals surface area (Å²) in [6.07, 6.45) is 1.62. The van der Waals surface area contributed by atoms with Gasteiger partial charge in [0, 0.05) is 21.9 Å². The quantitative estimate of drug-likeness (QED) is 0.925. The lowest BCUT2D eigenvalue weighted by molar-refractivity contribution is -0.116. The minimum absolute atomic E-state index is 0.00745. The lowest BCUT2D eigenvalue weighted by atomic mass is 10.1. The van der Waals surface area contributed by atoms with Crippen molar-refractivity contribution in [1.82, 2.24) is 4.57 Å². The molecule has 2 aromatic rings. The van der Waals surface area contributed by atoms with Crippen molar-refractivity contribution < 1.29 is 4.79 Å².